The van der Waals surface area contributed by atoms with Crippen molar-refractivity contribution in [1.29, 1.82) is 0 Å². The molecule has 0 bridgehead atoms. The molecule has 2 N–H and O–H groups in total. The minimum Gasteiger partial charge on any atom is -0.295 e. The fourth-order valence-electron chi connectivity index (χ4n) is 2.29. The number of nitrogens with one attached hydrogen (secondary N) is 2. The number of hydrogen-bond acceptors (Lipinski definition) is 4. The monoisotopic (exact) mass is 335 g/mol. The van der Waals surface area contributed by atoms with Crippen molar-refractivity contribution in [1.82, 2.24) is 20.2 Å². The first-order valence-corrected chi connectivity index (χ1v) is 7.69. The van der Waals surface area contributed by atoms with Crippen molar-refractivity contribution in [2.75, 3.05) is 0 Å². The number of carbonyl (C=O) groups excluding carboxylic acids is 1. The van der Waals surface area contributed by atoms with E-state index in [-0.39, 0.29) is 11.5 Å². The van der Waals surface area contributed by atoms with Gasteiger partial charge < -0.3 is 0 Å². The number of aryl methyl sites for hydroxylation is 2. The van der Waals surface area contributed by atoms with Gasteiger partial charge in [0, 0.05) is 17.6 Å². The third-order valence-electron chi connectivity index (χ3n) is 3.66. The smallest absolute Gasteiger partial charge is 0.280 e. The predicted octanol–water partition coefficient (Wildman–Crippen LogP) is 1.94. The SMILES string of the molecule is Cc1ccc(C(=O)NN=Cc2c(C)[nH]n(-c3ccccc3)c2=O)cn1. The van der Waals surface area contributed by atoms with Crippen LogP contribution in [-0.2, 0) is 0 Å². The van der Waals surface area contributed by atoms with E-state index in [1.807, 2.05) is 37.3 Å². The molecule has 0 spiro atoms. The number of hydrazone groups is 1. The number of H-pyrrole nitrogens is 1. The molecular formula is C18H17N5O2. The molecule has 3 rings (SSSR count). The van der Waals surface area contributed by atoms with Gasteiger partial charge in [-0.3, -0.25) is 19.7 Å². The topological polar surface area (TPSA) is 92.1 Å². The largest absolute Gasteiger partial charge is 0.295 e. The highest BCUT2D eigenvalue weighted by Crippen LogP contribution is 2.05. The molecule has 0 aliphatic rings. The van der Waals surface area contributed by atoms with Gasteiger partial charge in [-0.1, -0.05) is 18.2 Å². The fraction of sp³-hybridized carbons (Fsp3) is 0.111. The zero-order chi connectivity index (χ0) is 17.8. The average molecular weight is 335 g/mol. The molecule has 2 heterocycles. The summed E-state index contributed by atoms with van der Waals surface area (Å²) in [6, 6.07) is 12.6. The Kier molecular flexibility index (Phi) is 4.56. The maximum Gasteiger partial charge on any atom is 0.280 e. The Labute approximate surface area is 144 Å². The highest BCUT2D eigenvalue weighted by Gasteiger charge is 2.10. The summed E-state index contributed by atoms with van der Waals surface area (Å²) < 4.78 is 1.43. The van der Waals surface area contributed by atoms with Crippen molar-refractivity contribution in [3.05, 3.63) is 81.5 Å². The van der Waals surface area contributed by atoms with Gasteiger partial charge in [0.15, 0.2) is 0 Å². The van der Waals surface area contributed by atoms with Crippen LogP contribution >= 0.6 is 0 Å². The van der Waals surface area contributed by atoms with Gasteiger partial charge in [-0.15, -0.1) is 0 Å². The maximum absolute atomic E-state index is 12.5. The van der Waals surface area contributed by atoms with Crippen LogP contribution in [0.1, 0.15) is 27.3 Å². The molecule has 126 valence electrons. The first-order chi connectivity index (χ1) is 12.1. The van der Waals surface area contributed by atoms with Crippen molar-refractivity contribution in [2.45, 2.75) is 13.8 Å². The fourth-order valence-corrected chi connectivity index (χ4v) is 2.29. The number of para-hydroxylation sites is 1. The zero-order valence-electron chi connectivity index (χ0n) is 13.9. The first-order valence-electron chi connectivity index (χ1n) is 7.69. The number of aromatic nitrogens is 3. The summed E-state index contributed by atoms with van der Waals surface area (Å²) in [5, 5.41) is 6.88. The molecule has 0 aliphatic carbocycles. The Hall–Kier alpha value is -3.48. The van der Waals surface area contributed by atoms with E-state index in [2.05, 4.69) is 20.6 Å². The van der Waals surface area contributed by atoms with Crippen LogP contribution in [0, 0.1) is 13.8 Å². The third kappa shape index (κ3) is 3.55. The second kappa shape index (κ2) is 6.96. The normalized spacial score (nSPS) is 11.0. The van der Waals surface area contributed by atoms with Crippen LogP contribution in [0.2, 0.25) is 0 Å². The molecule has 7 heteroatoms. The second-order valence-corrected chi connectivity index (χ2v) is 5.51. The summed E-state index contributed by atoms with van der Waals surface area (Å²) in [5.74, 6) is -0.389. The van der Waals surface area contributed by atoms with E-state index >= 15 is 0 Å². The second-order valence-electron chi connectivity index (χ2n) is 5.51. The van der Waals surface area contributed by atoms with Gasteiger partial charge in [-0.2, -0.15) is 5.10 Å². The molecule has 25 heavy (non-hydrogen) atoms. The molecule has 0 saturated carbocycles. The molecule has 1 aromatic carbocycles. The molecule has 3 aromatic rings. The van der Waals surface area contributed by atoms with E-state index in [9.17, 15) is 9.59 Å². The molecule has 1 amide bonds. The van der Waals surface area contributed by atoms with Crippen LogP contribution in [0.15, 0.2) is 58.6 Å². The number of amides is 1. The molecule has 0 fully saturated rings. The highest BCUT2D eigenvalue weighted by atomic mass is 16.2. The Morgan fingerprint density at radius 2 is 1.96 bits per heavy atom. The van der Waals surface area contributed by atoms with E-state index in [4.69, 9.17) is 0 Å². The Morgan fingerprint density at radius 1 is 1.20 bits per heavy atom. The zero-order valence-corrected chi connectivity index (χ0v) is 13.9. The third-order valence-corrected chi connectivity index (χ3v) is 3.66. The number of nitrogens with zero attached hydrogens (tertiary/aromatic N) is 3. The Morgan fingerprint density at radius 3 is 2.64 bits per heavy atom. The van der Waals surface area contributed by atoms with E-state index in [0.29, 0.717) is 16.8 Å². The molecule has 7 nitrogen and oxygen atoms in total. The summed E-state index contributed by atoms with van der Waals surface area (Å²) in [5.41, 5.74) is 5.15. The molecule has 0 unspecified atom stereocenters. The van der Waals surface area contributed by atoms with Crippen LogP contribution in [0.5, 0.6) is 0 Å². The van der Waals surface area contributed by atoms with Crippen LogP contribution in [-0.4, -0.2) is 26.9 Å². The average Bonchev–Trinajstić information content (AvgIpc) is 2.91. The number of benzene rings is 1. The number of hydrogen-bond donors (Lipinski definition) is 2. The van der Waals surface area contributed by atoms with Crippen molar-refractivity contribution < 1.29 is 4.79 Å². The summed E-state index contributed by atoms with van der Waals surface area (Å²) >= 11 is 0. The van der Waals surface area contributed by atoms with Gasteiger partial charge in [-0.05, 0) is 38.1 Å². The summed E-state index contributed by atoms with van der Waals surface area (Å²) in [6.45, 7) is 3.61. The van der Waals surface area contributed by atoms with Gasteiger partial charge >= 0.3 is 0 Å². The lowest BCUT2D eigenvalue weighted by molar-refractivity contribution is 0.0955. The standard InChI is InChI=1S/C18H17N5O2/c1-12-8-9-14(10-19-12)17(24)21-20-11-16-13(2)22-23(18(16)25)15-6-4-3-5-7-15/h3-11,22H,1-2H3,(H,21,24). The molecule has 0 aliphatic heterocycles. The van der Waals surface area contributed by atoms with Crippen molar-refractivity contribution in [3.63, 3.8) is 0 Å². The summed E-state index contributed by atoms with van der Waals surface area (Å²) in [6.07, 6.45) is 2.82. The Bertz CT molecular complexity index is 969. The van der Waals surface area contributed by atoms with E-state index in [1.54, 1.807) is 19.1 Å². The number of carbonyl (C=O) groups is 1. The van der Waals surface area contributed by atoms with E-state index in [1.165, 1.54) is 17.1 Å². The lowest BCUT2D eigenvalue weighted by Gasteiger charge is -1.99. The quantitative estimate of drug-likeness (QED) is 0.564. The minimum atomic E-state index is -0.389. The molecule has 0 atom stereocenters. The minimum absolute atomic E-state index is 0.237. The number of rotatable bonds is 4. The highest BCUT2D eigenvalue weighted by molar-refractivity contribution is 5.94. The number of pyridine rings is 1. The number of aromatic amines is 1. The van der Waals surface area contributed by atoms with Crippen molar-refractivity contribution in [2.24, 2.45) is 5.10 Å². The van der Waals surface area contributed by atoms with Crippen molar-refractivity contribution >= 4 is 12.1 Å². The van der Waals surface area contributed by atoms with E-state index in [0.717, 1.165) is 11.4 Å². The lowest BCUT2D eigenvalue weighted by Crippen LogP contribution is -2.20. The summed E-state index contributed by atoms with van der Waals surface area (Å²) in [4.78, 5) is 28.5. The molecular weight excluding hydrogens is 318 g/mol. The van der Waals surface area contributed by atoms with Gasteiger partial charge in [0.2, 0.25) is 0 Å². The van der Waals surface area contributed by atoms with Crippen LogP contribution in [0.3, 0.4) is 0 Å². The predicted molar refractivity (Wildman–Crippen MR) is 95.2 cm³/mol. The molecule has 0 radical (unpaired) electrons. The lowest BCUT2D eigenvalue weighted by atomic mass is 10.2. The maximum atomic E-state index is 12.5. The van der Waals surface area contributed by atoms with Gasteiger partial charge in [-0.25, -0.2) is 10.1 Å². The van der Waals surface area contributed by atoms with Crippen molar-refractivity contribution in [3.8, 4) is 5.69 Å². The van der Waals surface area contributed by atoms with Gasteiger partial charge in [0.05, 0.1) is 23.0 Å². The van der Waals surface area contributed by atoms with Crippen LogP contribution < -0.4 is 11.0 Å². The van der Waals surface area contributed by atoms with Gasteiger partial charge in [0.1, 0.15) is 0 Å². The Balaban J connectivity index is 1.78. The van der Waals surface area contributed by atoms with Crippen LogP contribution in [0.4, 0.5) is 0 Å². The summed E-state index contributed by atoms with van der Waals surface area (Å²) in [7, 11) is 0. The van der Waals surface area contributed by atoms with Crippen LogP contribution in [0.25, 0.3) is 5.69 Å². The van der Waals surface area contributed by atoms with Gasteiger partial charge in [0.25, 0.3) is 11.5 Å². The van der Waals surface area contributed by atoms with E-state index < -0.39 is 0 Å². The molecule has 0 saturated heterocycles. The first kappa shape index (κ1) is 16.4. The molecule has 2 aromatic heterocycles.